The Kier molecular flexibility index (Phi) is 10.2. The average molecular weight is 758 g/mol. The van der Waals surface area contributed by atoms with Gasteiger partial charge in [-0.1, -0.05) is 125 Å². The van der Waals surface area contributed by atoms with Gasteiger partial charge in [-0.05, 0) is 90.8 Å². The number of hydrogen-bond acceptors (Lipinski definition) is 4. The van der Waals surface area contributed by atoms with Crippen LogP contribution in [0.15, 0.2) is 72.8 Å². The zero-order valence-electron chi connectivity index (χ0n) is 33.0. The number of nitrogens with zero attached hydrogens (tertiary/aromatic N) is 3. The van der Waals surface area contributed by atoms with Gasteiger partial charge in [-0.15, -0.1) is 0 Å². The van der Waals surface area contributed by atoms with Gasteiger partial charge in [0.2, 0.25) is 0 Å². The molecule has 1 aromatic heterocycles. The highest BCUT2D eigenvalue weighted by atomic mass is 16.2. The molecular formula is C50H51N3O4. The summed E-state index contributed by atoms with van der Waals surface area (Å²) in [5, 5.41) is 2.42. The van der Waals surface area contributed by atoms with Crippen LogP contribution in [0.25, 0.3) is 46.1 Å². The number of amides is 4. The number of fused-ring (bicyclic) bond motifs is 5. The minimum Gasteiger partial charge on any atom is -0.340 e. The Morgan fingerprint density at radius 1 is 0.474 bits per heavy atom. The number of benzene rings is 4. The van der Waals surface area contributed by atoms with Crippen LogP contribution in [0.1, 0.15) is 161 Å². The largest absolute Gasteiger partial charge is 0.340 e. The van der Waals surface area contributed by atoms with Gasteiger partial charge in [-0.3, -0.25) is 29.0 Å². The van der Waals surface area contributed by atoms with Crippen molar-refractivity contribution in [2.24, 2.45) is 0 Å². The molecule has 2 saturated carbocycles. The van der Waals surface area contributed by atoms with Gasteiger partial charge in [0.25, 0.3) is 23.6 Å². The Morgan fingerprint density at radius 3 is 1.32 bits per heavy atom. The number of carbonyl (C=O) groups is 4. The minimum atomic E-state index is -0.152. The van der Waals surface area contributed by atoms with E-state index in [1.807, 2.05) is 48.6 Å². The van der Waals surface area contributed by atoms with Crippen LogP contribution in [0.5, 0.6) is 0 Å². The molecule has 0 radical (unpaired) electrons. The van der Waals surface area contributed by atoms with Crippen molar-refractivity contribution in [3.05, 3.63) is 117 Å². The third-order valence-electron chi connectivity index (χ3n) is 12.9. The standard InChI is InChI=1S/C50H51N3O4/c1-2-3-4-11-28-51-45-31-35(18-16-33-22-26-41-43(29-33)49(56)52(47(41)54)37-12-7-5-8-13-37)20-24-39(45)40-25-21-36(32-46(40)51)19-17-34-23-27-42-44(30-34)50(57)53(48(42)55)38-14-9-6-10-15-38/h16-27,29-32,37-38H,2-15,28H2,1H3/b18-16+,19-17+. The van der Waals surface area contributed by atoms with E-state index in [0.29, 0.717) is 22.3 Å². The first-order chi connectivity index (χ1) is 27.9. The molecule has 0 saturated heterocycles. The first kappa shape index (κ1) is 37.0. The number of carbonyl (C=O) groups excluding carboxylic acids is 4. The fourth-order valence-corrected chi connectivity index (χ4v) is 9.76. The summed E-state index contributed by atoms with van der Waals surface area (Å²) >= 11 is 0. The van der Waals surface area contributed by atoms with Crippen LogP contribution in [0.4, 0.5) is 0 Å². The maximum atomic E-state index is 13.4. The molecule has 4 aromatic carbocycles. The molecule has 7 nitrogen and oxygen atoms in total. The maximum Gasteiger partial charge on any atom is 0.261 e. The first-order valence-corrected chi connectivity index (χ1v) is 21.4. The highest BCUT2D eigenvalue weighted by Gasteiger charge is 2.41. The molecule has 0 atom stereocenters. The average Bonchev–Trinajstić information content (AvgIpc) is 3.79. The smallest absolute Gasteiger partial charge is 0.261 e. The normalized spacial score (nSPS) is 18.1. The van der Waals surface area contributed by atoms with E-state index in [2.05, 4.69) is 60.0 Å². The van der Waals surface area contributed by atoms with Gasteiger partial charge in [-0.2, -0.15) is 0 Å². The Bertz CT molecular complexity index is 2310. The van der Waals surface area contributed by atoms with E-state index in [9.17, 15) is 19.2 Å². The number of rotatable bonds is 11. The molecule has 2 aliphatic heterocycles. The highest BCUT2D eigenvalue weighted by Crippen LogP contribution is 2.35. The fraction of sp³-hybridized carbons (Fsp3) is 0.360. The van der Waals surface area contributed by atoms with E-state index < -0.39 is 0 Å². The fourth-order valence-electron chi connectivity index (χ4n) is 9.76. The molecule has 0 unspecified atom stereocenters. The second-order valence-electron chi connectivity index (χ2n) is 16.6. The molecule has 0 spiro atoms. The van der Waals surface area contributed by atoms with Gasteiger partial charge >= 0.3 is 0 Å². The second kappa shape index (κ2) is 15.8. The molecule has 2 fully saturated rings. The van der Waals surface area contributed by atoms with Gasteiger partial charge in [-0.25, -0.2) is 0 Å². The van der Waals surface area contributed by atoms with Crippen molar-refractivity contribution >= 4 is 69.7 Å². The predicted molar refractivity (Wildman–Crippen MR) is 229 cm³/mol. The van der Waals surface area contributed by atoms with E-state index >= 15 is 0 Å². The molecule has 7 heteroatoms. The molecule has 57 heavy (non-hydrogen) atoms. The summed E-state index contributed by atoms with van der Waals surface area (Å²) in [4.78, 5) is 56.4. The number of imide groups is 2. The van der Waals surface area contributed by atoms with Gasteiger partial charge in [0.1, 0.15) is 0 Å². The van der Waals surface area contributed by atoms with E-state index in [0.717, 1.165) is 86.6 Å². The van der Waals surface area contributed by atoms with Crippen LogP contribution in [0.3, 0.4) is 0 Å². The Morgan fingerprint density at radius 2 is 0.877 bits per heavy atom. The van der Waals surface area contributed by atoms with Gasteiger partial charge in [0.15, 0.2) is 0 Å². The number of aromatic nitrogens is 1. The van der Waals surface area contributed by atoms with Crippen LogP contribution < -0.4 is 0 Å². The molecule has 2 aliphatic carbocycles. The summed E-state index contributed by atoms with van der Waals surface area (Å²) in [6, 6.07) is 24.5. The van der Waals surface area contributed by atoms with Crippen molar-refractivity contribution in [1.29, 1.82) is 0 Å². The molecule has 4 amide bonds. The van der Waals surface area contributed by atoms with Crippen molar-refractivity contribution in [2.45, 2.75) is 115 Å². The van der Waals surface area contributed by atoms with E-state index in [4.69, 9.17) is 0 Å². The van der Waals surface area contributed by atoms with Gasteiger partial charge < -0.3 is 4.57 Å². The van der Waals surface area contributed by atoms with Crippen molar-refractivity contribution < 1.29 is 19.2 Å². The lowest BCUT2D eigenvalue weighted by molar-refractivity contribution is 0.0533. The van der Waals surface area contributed by atoms with E-state index in [1.54, 1.807) is 0 Å². The van der Waals surface area contributed by atoms with Crippen molar-refractivity contribution in [1.82, 2.24) is 14.4 Å². The zero-order chi connectivity index (χ0) is 39.0. The summed E-state index contributed by atoms with van der Waals surface area (Å²) in [6.07, 6.45) is 23.1. The summed E-state index contributed by atoms with van der Waals surface area (Å²) in [5.41, 5.74) is 8.38. The summed E-state index contributed by atoms with van der Waals surface area (Å²) in [6.45, 7) is 3.15. The lowest BCUT2D eigenvalue weighted by Crippen LogP contribution is -2.40. The topological polar surface area (TPSA) is 79.7 Å². The third kappa shape index (κ3) is 6.96. The lowest BCUT2D eigenvalue weighted by Gasteiger charge is -2.29. The summed E-state index contributed by atoms with van der Waals surface area (Å²) in [5.74, 6) is -0.598. The summed E-state index contributed by atoms with van der Waals surface area (Å²) < 4.78 is 2.45. The molecule has 3 heterocycles. The monoisotopic (exact) mass is 757 g/mol. The van der Waals surface area contributed by atoms with Gasteiger partial charge in [0.05, 0.1) is 22.3 Å². The second-order valence-corrected chi connectivity index (χ2v) is 16.6. The highest BCUT2D eigenvalue weighted by molar-refractivity contribution is 6.22. The molecule has 4 aliphatic rings. The Hall–Kier alpha value is -5.56. The van der Waals surface area contributed by atoms with Gasteiger partial charge in [0, 0.05) is 40.4 Å². The first-order valence-electron chi connectivity index (χ1n) is 21.4. The van der Waals surface area contributed by atoms with E-state index in [-0.39, 0.29) is 35.7 Å². The molecule has 0 N–H and O–H groups in total. The van der Waals surface area contributed by atoms with E-state index in [1.165, 1.54) is 63.7 Å². The van der Waals surface area contributed by atoms with Crippen LogP contribution in [0, 0.1) is 0 Å². The predicted octanol–water partition coefficient (Wildman–Crippen LogP) is 11.6. The number of aryl methyl sites for hydroxylation is 1. The van der Waals surface area contributed by atoms with Crippen molar-refractivity contribution in [3.8, 4) is 0 Å². The molecule has 9 rings (SSSR count). The Labute approximate surface area is 335 Å². The van der Waals surface area contributed by atoms with Crippen LogP contribution in [0.2, 0.25) is 0 Å². The van der Waals surface area contributed by atoms with Crippen molar-refractivity contribution in [2.75, 3.05) is 0 Å². The van der Waals surface area contributed by atoms with Crippen LogP contribution >= 0.6 is 0 Å². The summed E-state index contributed by atoms with van der Waals surface area (Å²) in [7, 11) is 0. The quantitative estimate of drug-likeness (QED) is 0.0763. The maximum absolute atomic E-state index is 13.4. The van der Waals surface area contributed by atoms with Crippen LogP contribution in [-0.2, 0) is 6.54 Å². The SMILES string of the molecule is CCCCCCn1c2cc(/C=C/c3ccc4c(c3)C(=O)N(C3CCCCC3)C4=O)ccc2c2ccc(/C=C/c3ccc4c(c3)C(=O)N(C3CCCCC3)C4=O)cc21. The zero-order valence-corrected chi connectivity index (χ0v) is 33.0. The third-order valence-corrected chi connectivity index (χ3v) is 12.9. The van der Waals surface area contributed by atoms with Crippen molar-refractivity contribution in [3.63, 3.8) is 0 Å². The molecular weight excluding hydrogens is 707 g/mol. The molecule has 5 aromatic rings. The molecule has 0 bridgehead atoms. The lowest BCUT2D eigenvalue weighted by atomic mass is 9.94. The Balaban J connectivity index is 0.981. The van der Waals surface area contributed by atoms with Crippen LogP contribution in [-0.4, -0.2) is 50.1 Å². The number of unbranched alkanes of at least 4 members (excludes halogenated alkanes) is 3. The number of hydrogen-bond donors (Lipinski definition) is 0. The molecule has 290 valence electrons. The minimum absolute atomic E-state index is 0.0135.